The maximum absolute atomic E-state index is 6.00. The second kappa shape index (κ2) is 5.49. The molecule has 0 aliphatic heterocycles. The molecular weight excluding hydrogens is 270 g/mol. The topological polar surface area (TPSA) is 43.8 Å². The quantitative estimate of drug-likeness (QED) is 0.797. The van der Waals surface area contributed by atoms with Crippen LogP contribution in [0.4, 0.5) is 0 Å². The first-order chi connectivity index (χ1) is 9.78. The fraction of sp³-hybridized carbons (Fsp3) is 0.0625. The molecule has 0 saturated heterocycles. The van der Waals surface area contributed by atoms with E-state index in [4.69, 9.17) is 17.3 Å². The van der Waals surface area contributed by atoms with E-state index in [-0.39, 0.29) is 0 Å². The molecule has 0 amide bonds. The van der Waals surface area contributed by atoms with Crippen molar-refractivity contribution in [2.75, 3.05) is 0 Å². The lowest BCUT2D eigenvalue weighted by molar-refractivity contribution is 0.859. The average molecular weight is 284 g/mol. The van der Waals surface area contributed by atoms with Crippen LogP contribution < -0.4 is 5.73 Å². The number of aromatic nitrogens is 2. The third kappa shape index (κ3) is 2.46. The second-order valence-corrected chi connectivity index (χ2v) is 4.95. The van der Waals surface area contributed by atoms with E-state index in [1.807, 2.05) is 53.5 Å². The van der Waals surface area contributed by atoms with Gasteiger partial charge in [-0.15, -0.1) is 0 Å². The number of benzene rings is 2. The van der Waals surface area contributed by atoms with Crippen LogP contribution in [-0.4, -0.2) is 9.78 Å². The van der Waals surface area contributed by atoms with Crippen LogP contribution in [0.1, 0.15) is 5.56 Å². The van der Waals surface area contributed by atoms with Crippen LogP contribution in [0.3, 0.4) is 0 Å². The Morgan fingerprint density at radius 3 is 2.60 bits per heavy atom. The minimum Gasteiger partial charge on any atom is -0.326 e. The van der Waals surface area contributed by atoms with Crippen LogP contribution in [0.15, 0.2) is 60.9 Å². The van der Waals surface area contributed by atoms with Crippen molar-refractivity contribution >= 4 is 11.6 Å². The number of halogens is 1. The van der Waals surface area contributed by atoms with Crippen LogP contribution in [-0.2, 0) is 6.54 Å². The molecule has 0 unspecified atom stereocenters. The normalized spacial score (nSPS) is 10.7. The van der Waals surface area contributed by atoms with Crippen molar-refractivity contribution in [3.05, 3.63) is 71.5 Å². The fourth-order valence-corrected chi connectivity index (χ4v) is 2.37. The Balaban J connectivity index is 2.02. The maximum Gasteiger partial charge on any atom is 0.0691 e. The highest BCUT2D eigenvalue weighted by Gasteiger charge is 2.07. The van der Waals surface area contributed by atoms with Gasteiger partial charge in [-0.2, -0.15) is 5.10 Å². The van der Waals surface area contributed by atoms with Gasteiger partial charge in [0, 0.05) is 23.3 Å². The minimum atomic E-state index is 0.427. The second-order valence-electron chi connectivity index (χ2n) is 4.52. The molecule has 4 heteroatoms. The lowest BCUT2D eigenvalue weighted by Gasteiger charge is -2.08. The molecule has 0 spiro atoms. The summed E-state index contributed by atoms with van der Waals surface area (Å²) in [5.74, 6) is 0. The molecule has 20 heavy (non-hydrogen) atoms. The van der Waals surface area contributed by atoms with Crippen molar-refractivity contribution in [2.24, 2.45) is 5.73 Å². The highest BCUT2D eigenvalue weighted by atomic mass is 35.5. The number of rotatable bonds is 3. The molecule has 1 heterocycles. The fourth-order valence-electron chi connectivity index (χ4n) is 2.18. The zero-order valence-electron chi connectivity index (χ0n) is 10.8. The molecule has 0 saturated carbocycles. The van der Waals surface area contributed by atoms with Crippen molar-refractivity contribution in [1.82, 2.24) is 9.78 Å². The van der Waals surface area contributed by atoms with E-state index in [1.54, 1.807) is 0 Å². The number of nitrogens with two attached hydrogens (primary N) is 1. The highest BCUT2D eigenvalue weighted by Crippen LogP contribution is 2.23. The van der Waals surface area contributed by atoms with Crippen molar-refractivity contribution in [3.63, 3.8) is 0 Å². The first-order valence-electron chi connectivity index (χ1n) is 6.37. The van der Waals surface area contributed by atoms with E-state index in [0.29, 0.717) is 11.6 Å². The van der Waals surface area contributed by atoms with Gasteiger partial charge in [0.25, 0.3) is 0 Å². The van der Waals surface area contributed by atoms with Crippen molar-refractivity contribution in [1.29, 1.82) is 0 Å². The Bertz CT molecular complexity index is 720. The van der Waals surface area contributed by atoms with E-state index >= 15 is 0 Å². The van der Waals surface area contributed by atoms with Crippen molar-refractivity contribution in [3.8, 4) is 16.8 Å². The van der Waals surface area contributed by atoms with Gasteiger partial charge in [0.2, 0.25) is 0 Å². The average Bonchev–Trinajstić information content (AvgIpc) is 2.97. The van der Waals surface area contributed by atoms with E-state index in [1.165, 1.54) is 0 Å². The molecule has 1 aromatic heterocycles. The van der Waals surface area contributed by atoms with Gasteiger partial charge in [0.05, 0.1) is 11.9 Å². The first-order valence-corrected chi connectivity index (χ1v) is 6.74. The summed E-state index contributed by atoms with van der Waals surface area (Å²) >= 11 is 6.00. The van der Waals surface area contributed by atoms with E-state index in [9.17, 15) is 0 Å². The first kappa shape index (κ1) is 12.9. The monoisotopic (exact) mass is 283 g/mol. The molecule has 0 bridgehead atoms. The van der Waals surface area contributed by atoms with Gasteiger partial charge >= 0.3 is 0 Å². The Labute approximate surface area is 122 Å². The van der Waals surface area contributed by atoms with Crippen LogP contribution in [0, 0.1) is 0 Å². The van der Waals surface area contributed by atoms with Crippen molar-refractivity contribution < 1.29 is 0 Å². The lowest BCUT2D eigenvalue weighted by Crippen LogP contribution is -2.04. The summed E-state index contributed by atoms with van der Waals surface area (Å²) in [6, 6.07) is 15.8. The molecule has 0 radical (unpaired) electrons. The standard InChI is InChI=1S/C16H14ClN3/c17-15-6-7-16(13(8-15)9-18)20-11-14(10-19-20)12-4-2-1-3-5-12/h1-8,10-11H,9,18H2. The van der Waals surface area contributed by atoms with Crippen LogP contribution in [0.5, 0.6) is 0 Å². The van der Waals surface area contributed by atoms with Crippen molar-refractivity contribution in [2.45, 2.75) is 6.54 Å². The molecule has 3 nitrogen and oxygen atoms in total. The van der Waals surface area contributed by atoms with Crippen LogP contribution in [0.2, 0.25) is 5.02 Å². The van der Waals surface area contributed by atoms with Gasteiger partial charge < -0.3 is 5.73 Å². The van der Waals surface area contributed by atoms with Gasteiger partial charge in [-0.1, -0.05) is 41.9 Å². The molecule has 0 fully saturated rings. The predicted molar refractivity (Wildman–Crippen MR) is 81.9 cm³/mol. The van der Waals surface area contributed by atoms with Crippen LogP contribution in [0.25, 0.3) is 16.8 Å². The largest absolute Gasteiger partial charge is 0.326 e. The molecule has 2 N–H and O–H groups in total. The smallest absolute Gasteiger partial charge is 0.0691 e. The van der Waals surface area contributed by atoms with E-state index in [2.05, 4.69) is 17.2 Å². The van der Waals surface area contributed by atoms with E-state index in [0.717, 1.165) is 22.4 Å². The number of hydrogen-bond donors (Lipinski definition) is 1. The molecule has 0 atom stereocenters. The summed E-state index contributed by atoms with van der Waals surface area (Å²) in [6.45, 7) is 0.427. The van der Waals surface area contributed by atoms with Gasteiger partial charge in [0.1, 0.15) is 0 Å². The Kier molecular flexibility index (Phi) is 3.54. The third-order valence-corrected chi connectivity index (χ3v) is 3.43. The Hall–Kier alpha value is -2.10. The third-order valence-electron chi connectivity index (χ3n) is 3.20. The SMILES string of the molecule is NCc1cc(Cl)ccc1-n1cc(-c2ccccc2)cn1. The van der Waals surface area contributed by atoms with Gasteiger partial charge in [-0.3, -0.25) is 0 Å². The lowest BCUT2D eigenvalue weighted by atomic mass is 10.1. The zero-order valence-corrected chi connectivity index (χ0v) is 11.6. The summed E-state index contributed by atoms with van der Waals surface area (Å²) in [4.78, 5) is 0. The Morgan fingerprint density at radius 2 is 1.85 bits per heavy atom. The summed E-state index contributed by atoms with van der Waals surface area (Å²) in [7, 11) is 0. The molecule has 0 aliphatic rings. The Morgan fingerprint density at radius 1 is 1.05 bits per heavy atom. The molecule has 3 aromatic rings. The zero-order chi connectivity index (χ0) is 13.9. The minimum absolute atomic E-state index is 0.427. The summed E-state index contributed by atoms with van der Waals surface area (Å²) < 4.78 is 1.83. The molecular formula is C16H14ClN3. The molecule has 3 rings (SSSR count). The van der Waals surface area contributed by atoms with E-state index < -0.39 is 0 Å². The summed E-state index contributed by atoms with van der Waals surface area (Å²) in [6.07, 6.45) is 3.85. The molecule has 2 aromatic carbocycles. The van der Waals surface area contributed by atoms with Gasteiger partial charge in [0.15, 0.2) is 0 Å². The number of hydrogen-bond acceptors (Lipinski definition) is 2. The van der Waals surface area contributed by atoms with Gasteiger partial charge in [-0.05, 0) is 29.3 Å². The molecule has 0 aliphatic carbocycles. The summed E-state index contributed by atoms with van der Waals surface area (Å²) in [5, 5.41) is 5.10. The summed E-state index contributed by atoms with van der Waals surface area (Å²) in [5.41, 5.74) is 9.92. The van der Waals surface area contributed by atoms with Crippen LogP contribution >= 0.6 is 11.6 Å². The highest BCUT2D eigenvalue weighted by molar-refractivity contribution is 6.30. The van der Waals surface area contributed by atoms with Gasteiger partial charge in [-0.25, -0.2) is 4.68 Å². The maximum atomic E-state index is 6.00. The number of nitrogens with zero attached hydrogens (tertiary/aromatic N) is 2. The molecule has 100 valence electrons. The predicted octanol–water partition coefficient (Wildman–Crippen LogP) is 3.65.